The van der Waals surface area contributed by atoms with Crippen LogP contribution in [0.2, 0.25) is 0 Å². The first-order valence-electron chi connectivity index (χ1n) is 4.47. The number of carbonyl (C=O) groups excluding carboxylic acids is 1. The Morgan fingerprint density at radius 2 is 2.43 bits per heavy atom. The summed E-state index contributed by atoms with van der Waals surface area (Å²) < 4.78 is 0. The summed E-state index contributed by atoms with van der Waals surface area (Å²) in [4.78, 5) is 16.9. The van der Waals surface area contributed by atoms with Crippen molar-refractivity contribution >= 4 is 5.91 Å². The Morgan fingerprint density at radius 3 is 3.00 bits per heavy atom. The maximum absolute atomic E-state index is 11.5. The van der Waals surface area contributed by atoms with Gasteiger partial charge in [0.05, 0.1) is 13.0 Å². The molecular formula is C10H14N2O2. The first kappa shape index (κ1) is 10.7. The number of pyridine rings is 1. The van der Waals surface area contributed by atoms with Gasteiger partial charge in [-0.25, -0.2) is 0 Å². The Labute approximate surface area is 83.2 Å². The molecule has 0 spiro atoms. The van der Waals surface area contributed by atoms with Crippen molar-refractivity contribution < 1.29 is 9.90 Å². The first-order chi connectivity index (χ1) is 6.74. The van der Waals surface area contributed by atoms with Crippen LogP contribution in [0.3, 0.4) is 0 Å². The number of aliphatic hydroxyl groups is 1. The Balaban J connectivity index is 2.49. The van der Waals surface area contributed by atoms with Crippen molar-refractivity contribution in [1.82, 2.24) is 9.88 Å². The molecule has 0 bridgehead atoms. The Kier molecular flexibility index (Phi) is 4.07. The van der Waals surface area contributed by atoms with Crippen molar-refractivity contribution in [2.75, 3.05) is 20.2 Å². The number of aromatic nitrogens is 1. The quantitative estimate of drug-likeness (QED) is 0.738. The maximum Gasteiger partial charge on any atom is 0.226 e. The van der Waals surface area contributed by atoms with Gasteiger partial charge in [0.25, 0.3) is 0 Å². The van der Waals surface area contributed by atoms with E-state index in [1.54, 1.807) is 25.5 Å². The van der Waals surface area contributed by atoms with Crippen LogP contribution in [0.25, 0.3) is 0 Å². The van der Waals surface area contributed by atoms with Crippen molar-refractivity contribution in [2.24, 2.45) is 0 Å². The molecule has 0 aliphatic carbocycles. The summed E-state index contributed by atoms with van der Waals surface area (Å²) in [5.41, 5.74) is 0.891. The molecule has 0 unspecified atom stereocenters. The molecule has 0 saturated carbocycles. The summed E-state index contributed by atoms with van der Waals surface area (Å²) in [5.74, 6) is -0.00736. The third-order valence-corrected chi connectivity index (χ3v) is 1.94. The minimum atomic E-state index is -0.00736. The van der Waals surface area contributed by atoms with Gasteiger partial charge in [-0.05, 0) is 11.6 Å². The van der Waals surface area contributed by atoms with E-state index in [1.165, 1.54) is 4.90 Å². The van der Waals surface area contributed by atoms with E-state index in [4.69, 9.17) is 5.11 Å². The number of carbonyl (C=O) groups is 1. The van der Waals surface area contributed by atoms with Gasteiger partial charge in [0, 0.05) is 26.0 Å². The third-order valence-electron chi connectivity index (χ3n) is 1.94. The Hall–Kier alpha value is -1.42. The van der Waals surface area contributed by atoms with E-state index in [9.17, 15) is 4.79 Å². The molecule has 0 aliphatic rings. The molecule has 4 nitrogen and oxygen atoms in total. The molecule has 1 amide bonds. The second-order valence-electron chi connectivity index (χ2n) is 3.08. The fourth-order valence-electron chi connectivity index (χ4n) is 1.09. The van der Waals surface area contributed by atoms with E-state index in [0.717, 1.165) is 5.56 Å². The molecule has 1 rings (SSSR count). The molecule has 0 aliphatic heterocycles. The van der Waals surface area contributed by atoms with E-state index in [2.05, 4.69) is 4.98 Å². The highest BCUT2D eigenvalue weighted by molar-refractivity contribution is 5.78. The summed E-state index contributed by atoms with van der Waals surface area (Å²) in [6, 6.07) is 3.66. The van der Waals surface area contributed by atoms with Gasteiger partial charge < -0.3 is 10.0 Å². The molecule has 1 aromatic rings. The molecule has 4 heteroatoms. The number of nitrogens with zero attached hydrogens (tertiary/aromatic N) is 2. The lowest BCUT2D eigenvalue weighted by Crippen LogP contribution is -2.30. The Bertz CT molecular complexity index is 287. The van der Waals surface area contributed by atoms with Crippen LogP contribution in [0.5, 0.6) is 0 Å². The second kappa shape index (κ2) is 5.34. The minimum Gasteiger partial charge on any atom is -0.395 e. The number of likely N-dealkylation sites (N-methyl/N-ethyl adjacent to an activating group) is 1. The number of aliphatic hydroxyl groups excluding tert-OH is 1. The van der Waals surface area contributed by atoms with Crippen molar-refractivity contribution in [3.05, 3.63) is 30.1 Å². The highest BCUT2D eigenvalue weighted by atomic mass is 16.3. The van der Waals surface area contributed by atoms with Crippen molar-refractivity contribution in [1.29, 1.82) is 0 Å². The molecule has 76 valence electrons. The molecule has 1 aromatic heterocycles. The van der Waals surface area contributed by atoms with Crippen molar-refractivity contribution in [3.8, 4) is 0 Å². The molecule has 1 heterocycles. The lowest BCUT2D eigenvalue weighted by Gasteiger charge is -2.15. The van der Waals surface area contributed by atoms with Crippen LogP contribution in [-0.4, -0.2) is 41.1 Å². The van der Waals surface area contributed by atoms with Gasteiger partial charge in [0.1, 0.15) is 0 Å². The van der Waals surface area contributed by atoms with Crippen LogP contribution in [0.15, 0.2) is 24.5 Å². The molecule has 14 heavy (non-hydrogen) atoms. The summed E-state index contributed by atoms with van der Waals surface area (Å²) in [5, 5.41) is 8.65. The Morgan fingerprint density at radius 1 is 1.64 bits per heavy atom. The number of amides is 1. The van der Waals surface area contributed by atoms with Crippen LogP contribution >= 0.6 is 0 Å². The van der Waals surface area contributed by atoms with Gasteiger partial charge in [-0.3, -0.25) is 9.78 Å². The smallest absolute Gasteiger partial charge is 0.226 e. The predicted octanol–water partition coefficient (Wildman–Crippen LogP) is 0.0748. The van der Waals surface area contributed by atoms with Gasteiger partial charge in [0.2, 0.25) is 5.91 Å². The zero-order chi connectivity index (χ0) is 10.4. The first-order valence-corrected chi connectivity index (χ1v) is 4.47. The number of hydrogen-bond donors (Lipinski definition) is 1. The van der Waals surface area contributed by atoms with E-state index >= 15 is 0 Å². The lowest BCUT2D eigenvalue weighted by molar-refractivity contribution is -0.129. The fourth-order valence-corrected chi connectivity index (χ4v) is 1.09. The zero-order valence-corrected chi connectivity index (χ0v) is 8.18. The minimum absolute atomic E-state index is 0.00468. The van der Waals surface area contributed by atoms with Crippen LogP contribution < -0.4 is 0 Å². The van der Waals surface area contributed by atoms with Gasteiger partial charge in [-0.15, -0.1) is 0 Å². The van der Waals surface area contributed by atoms with Crippen LogP contribution in [0.4, 0.5) is 0 Å². The monoisotopic (exact) mass is 194 g/mol. The maximum atomic E-state index is 11.5. The highest BCUT2D eigenvalue weighted by Crippen LogP contribution is 1.99. The van der Waals surface area contributed by atoms with E-state index < -0.39 is 0 Å². The lowest BCUT2D eigenvalue weighted by atomic mass is 10.2. The molecule has 0 saturated heterocycles. The molecule has 1 N–H and O–H groups in total. The van der Waals surface area contributed by atoms with Crippen LogP contribution in [-0.2, 0) is 11.2 Å². The normalized spacial score (nSPS) is 9.86. The summed E-state index contributed by atoms with van der Waals surface area (Å²) in [6.45, 7) is 0.369. The summed E-state index contributed by atoms with van der Waals surface area (Å²) >= 11 is 0. The topological polar surface area (TPSA) is 53.4 Å². The summed E-state index contributed by atoms with van der Waals surface area (Å²) in [6.07, 6.45) is 3.68. The SMILES string of the molecule is CN(CCO)C(=O)Cc1cccnc1. The van der Waals surface area contributed by atoms with Crippen LogP contribution in [0, 0.1) is 0 Å². The second-order valence-corrected chi connectivity index (χ2v) is 3.08. The number of rotatable bonds is 4. The molecule has 0 fully saturated rings. The molecule has 0 aromatic carbocycles. The van der Waals surface area contributed by atoms with Crippen LogP contribution in [0.1, 0.15) is 5.56 Å². The summed E-state index contributed by atoms with van der Waals surface area (Å²) in [7, 11) is 1.68. The average Bonchev–Trinajstić information content (AvgIpc) is 2.19. The molecule has 0 atom stereocenters. The standard InChI is InChI=1S/C10H14N2O2/c1-12(5-6-13)10(14)7-9-3-2-4-11-8-9/h2-4,8,13H,5-7H2,1H3. The molecular weight excluding hydrogens is 180 g/mol. The number of hydrogen-bond acceptors (Lipinski definition) is 3. The van der Waals surface area contributed by atoms with Gasteiger partial charge in [-0.1, -0.05) is 6.07 Å². The largest absolute Gasteiger partial charge is 0.395 e. The predicted molar refractivity (Wildman–Crippen MR) is 52.7 cm³/mol. The van der Waals surface area contributed by atoms with E-state index in [-0.39, 0.29) is 12.5 Å². The van der Waals surface area contributed by atoms with Gasteiger partial charge in [0.15, 0.2) is 0 Å². The van der Waals surface area contributed by atoms with E-state index in [0.29, 0.717) is 13.0 Å². The third kappa shape index (κ3) is 3.14. The average molecular weight is 194 g/mol. The van der Waals surface area contributed by atoms with Gasteiger partial charge in [-0.2, -0.15) is 0 Å². The van der Waals surface area contributed by atoms with Crippen molar-refractivity contribution in [2.45, 2.75) is 6.42 Å². The van der Waals surface area contributed by atoms with E-state index in [1.807, 2.05) is 6.07 Å². The fraction of sp³-hybridized carbons (Fsp3) is 0.400. The highest BCUT2D eigenvalue weighted by Gasteiger charge is 2.08. The molecule has 0 radical (unpaired) electrons. The van der Waals surface area contributed by atoms with Gasteiger partial charge >= 0.3 is 0 Å². The van der Waals surface area contributed by atoms with Crippen molar-refractivity contribution in [3.63, 3.8) is 0 Å². The zero-order valence-electron chi connectivity index (χ0n) is 8.18.